The highest BCUT2D eigenvalue weighted by Gasteiger charge is 2.35. The second-order valence-corrected chi connectivity index (χ2v) is 8.34. The Kier molecular flexibility index (Phi) is 8.27. The highest BCUT2D eigenvalue weighted by Crippen LogP contribution is 2.30. The normalized spacial score (nSPS) is 13.2. The molecule has 0 saturated heterocycles. The van der Waals surface area contributed by atoms with Gasteiger partial charge in [-0.1, -0.05) is 51.1 Å². The van der Waals surface area contributed by atoms with Crippen LogP contribution in [0, 0.1) is 19.8 Å². The monoisotopic (exact) mass is 397 g/mol. The molecule has 1 atom stereocenters. The number of hydrogen-bond acceptors (Lipinski definition) is 3. The van der Waals surface area contributed by atoms with Crippen molar-refractivity contribution in [3.8, 4) is 5.75 Å². The van der Waals surface area contributed by atoms with Gasteiger partial charge in [-0.05, 0) is 68.4 Å². The van der Waals surface area contributed by atoms with Crippen molar-refractivity contribution in [2.75, 3.05) is 11.9 Å². The largest absolute Gasteiger partial charge is 0.488 e. The fourth-order valence-electron chi connectivity index (χ4n) is 3.57. The van der Waals surface area contributed by atoms with Crippen molar-refractivity contribution >= 4 is 11.6 Å². The minimum atomic E-state index is -0.839. The maximum atomic E-state index is 13.0. The molecule has 0 spiro atoms. The molecule has 0 heterocycles. The van der Waals surface area contributed by atoms with Gasteiger partial charge in [-0.25, -0.2) is 0 Å². The molecule has 0 bridgehead atoms. The summed E-state index contributed by atoms with van der Waals surface area (Å²) in [6.07, 6.45) is 1.56. The molecule has 4 heteroatoms. The highest BCUT2D eigenvalue weighted by molar-refractivity contribution is 5.97. The van der Waals surface area contributed by atoms with Gasteiger partial charge in [-0.3, -0.25) is 4.79 Å². The summed E-state index contributed by atoms with van der Waals surface area (Å²) in [5, 5.41) is 3.06. The lowest BCUT2D eigenvalue weighted by Gasteiger charge is -2.30. The summed E-state index contributed by atoms with van der Waals surface area (Å²) in [4.78, 5) is 13.0. The zero-order chi connectivity index (χ0) is 21.4. The Hall–Kier alpha value is -2.33. The lowest BCUT2D eigenvalue weighted by molar-refractivity contribution is -0.141. The molecule has 2 aromatic rings. The summed E-state index contributed by atoms with van der Waals surface area (Å²) in [6.45, 7) is 13.2. The van der Waals surface area contributed by atoms with E-state index in [1.807, 2.05) is 63.2 Å². The maximum absolute atomic E-state index is 13.0. The third kappa shape index (κ3) is 6.60. The van der Waals surface area contributed by atoms with Crippen LogP contribution in [0.1, 0.15) is 57.2 Å². The molecule has 0 aromatic heterocycles. The molecule has 4 nitrogen and oxygen atoms in total. The van der Waals surface area contributed by atoms with Crippen molar-refractivity contribution < 1.29 is 14.3 Å². The average molecular weight is 398 g/mol. The minimum absolute atomic E-state index is 0.101. The van der Waals surface area contributed by atoms with Gasteiger partial charge in [0, 0.05) is 12.3 Å². The number of carbonyl (C=O) groups excluding carboxylic acids is 1. The van der Waals surface area contributed by atoms with Crippen molar-refractivity contribution in [1.29, 1.82) is 0 Å². The van der Waals surface area contributed by atoms with Crippen molar-refractivity contribution in [1.82, 2.24) is 0 Å². The predicted molar refractivity (Wildman–Crippen MR) is 119 cm³/mol. The number of rotatable bonds is 10. The Labute approximate surface area is 175 Å². The second-order valence-electron chi connectivity index (χ2n) is 8.34. The summed E-state index contributed by atoms with van der Waals surface area (Å²) >= 11 is 0. The Morgan fingerprint density at radius 3 is 2.28 bits per heavy atom. The topological polar surface area (TPSA) is 47.6 Å². The first-order valence-corrected chi connectivity index (χ1v) is 10.5. The first-order valence-electron chi connectivity index (χ1n) is 10.5. The van der Waals surface area contributed by atoms with Gasteiger partial charge < -0.3 is 14.8 Å². The molecule has 2 aromatic carbocycles. The predicted octanol–water partition coefficient (Wildman–Crippen LogP) is 6.05. The van der Waals surface area contributed by atoms with Crippen LogP contribution in [0.5, 0.6) is 5.75 Å². The summed E-state index contributed by atoms with van der Waals surface area (Å²) in [5.74, 6) is 1.12. The summed E-state index contributed by atoms with van der Waals surface area (Å²) in [5.41, 5.74) is 3.05. The van der Waals surface area contributed by atoms with Gasteiger partial charge in [0.05, 0.1) is 0 Å². The van der Waals surface area contributed by atoms with Gasteiger partial charge >= 0.3 is 0 Å². The first-order chi connectivity index (χ1) is 13.7. The Balaban J connectivity index is 2.13. The van der Waals surface area contributed by atoms with Crippen LogP contribution < -0.4 is 10.1 Å². The lowest BCUT2D eigenvalue weighted by Crippen LogP contribution is -2.44. The van der Waals surface area contributed by atoms with Gasteiger partial charge in [-0.15, -0.1) is 0 Å². The molecule has 0 aliphatic carbocycles. The molecule has 0 radical (unpaired) electrons. The standard InChI is InChI=1S/C25H35NO3/c1-7-13-29-25(6,16-18(2)3)24(27)26-22-14-19(4)23(20(5)15-22)28-17-21-11-9-8-10-12-21/h8-12,14-15,18H,7,13,16-17H2,1-6H3,(H,26,27)/t25-/m0/s1. The average Bonchev–Trinajstić information content (AvgIpc) is 2.66. The lowest BCUT2D eigenvalue weighted by atomic mass is 9.92. The van der Waals surface area contributed by atoms with Crippen molar-refractivity contribution in [3.63, 3.8) is 0 Å². The van der Waals surface area contributed by atoms with Gasteiger partial charge in [0.1, 0.15) is 18.0 Å². The first kappa shape index (κ1) is 23.0. The molecule has 0 aliphatic rings. The second kappa shape index (κ2) is 10.4. The Morgan fingerprint density at radius 1 is 1.10 bits per heavy atom. The minimum Gasteiger partial charge on any atom is -0.488 e. The van der Waals surface area contributed by atoms with E-state index >= 15 is 0 Å². The van der Waals surface area contributed by atoms with Crippen LogP contribution in [0.15, 0.2) is 42.5 Å². The smallest absolute Gasteiger partial charge is 0.256 e. The van der Waals surface area contributed by atoms with E-state index in [0.29, 0.717) is 25.6 Å². The number of anilines is 1. The van der Waals surface area contributed by atoms with E-state index in [1.165, 1.54) is 0 Å². The Morgan fingerprint density at radius 2 is 1.72 bits per heavy atom. The summed E-state index contributed by atoms with van der Waals surface area (Å²) in [7, 11) is 0. The van der Waals surface area contributed by atoms with Gasteiger partial charge in [0.15, 0.2) is 0 Å². The number of carbonyl (C=O) groups is 1. The van der Waals surface area contributed by atoms with Gasteiger partial charge in [0.2, 0.25) is 0 Å². The van der Waals surface area contributed by atoms with Gasteiger partial charge in [0.25, 0.3) is 5.91 Å². The van der Waals surface area contributed by atoms with E-state index in [4.69, 9.17) is 9.47 Å². The number of aryl methyl sites for hydroxylation is 2. The number of hydrogen-bond donors (Lipinski definition) is 1. The highest BCUT2D eigenvalue weighted by atomic mass is 16.5. The molecule has 1 amide bonds. The van der Waals surface area contributed by atoms with E-state index in [-0.39, 0.29) is 5.91 Å². The van der Waals surface area contributed by atoms with E-state index in [1.54, 1.807) is 0 Å². The fourth-order valence-corrected chi connectivity index (χ4v) is 3.57. The van der Waals surface area contributed by atoms with Crippen LogP contribution in [-0.2, 0) is 16.1 Å². The van der Waals surface area contributed by atoms with E-state index in [0.717, 1.165) is 34.5 Å². The van der Waals surface area contributed by atoms with Crippen LogP contribution >= 0.6 is 0 Å². The zero-order valence-electron chi connectivity index (χ0n) is 18.7. The number of amides is 1. The van der Waals surface area contributed by atoms with Crippen LogP contribution in [-0.4, -0.2) is 18.1 Å². The molecule has 2 rings (SSSR count). The van der Waals surface area contributed by atoms with Gasteiger partial charge in [-0.2, -0.15) is 0 Å². The van der Waals surface area contributed by atoms with Crippen molar-refractivity contribution in [3.05, 3.63) is 59.2 Å². The van der Waals surface area contributed by atoms with Crippen LogP contribution in [0.4, 0.5) is 5.69 Å². The van der Waals surface area contributed by atoms with Crippen molar-refractivity contribution in [2.45, 2.75) is 66.6 Å². The third-order valence-corrected chi connectivity index (χ3v) is 4.85. The van der Waals surface area contributed by atoms with Crippen molar-refractivity contribution in [2.24, 2.45) is 5.92 Å². The molecular formula is C25H35NO3. The Bertz CT molecular complexity index is 778. The summed E-state index contributed by atoms with van der Waals surface area (Å²) in [6, 6.07) is 14.0. The van der Waals surface area contributed by atoms with E-state index in [9.17, 15) is 4.79 Å². The molecule has 0 fully saturated rings. The number of benzene rings is 2. The molecule has 0 aliphatic heterocycles. The summed E-state index contributed by atoms with van der Waals surface area (Å²) < 4.78 is 12.0. The molecular weight excluding hydrogens is 362 g/mol. The van der Waals surface area contributed by atoms with Crippen LogP contribution in [0.2, 0.25) is 0 Å². The quantitative estimate of drug-likeness (QED) is 0.531. The van der Waals surface area contributed by atoms with E-state index < -0.39 is 5.60 Å². The van der Waals surface area contributed by atoms with Crippen LogP contribution in [0.25, 0.3) is 0 Å². The molecule has 0 saturated carbocycles. The third-order valence-electron chi connectivity index (χ3n) is 4.85. The van der Waals surface area contributed by atoms with E-state index in [2.05, 4.69) is 26.1 Å². The fraction of sp³-hybridized carbons (Fsp3) is 0.480. The molecule has 1 N–H and O–H groups in total. The molecule has 158 valence electrons. The maximum Gasteiger partial charge on any atom is 0.256 e. The molecule has 0 unspecified atom stereocenters. The number of ether oxygens (including phenoxy) is 2. The zero-order valence-corrected chi connectivity index (χ0v) is 18.7. The SMILES string of the molecule is CCCO[C@@](C)(CC(C)C)C(=O)Nc1cc(C)c(OCc2ccccc2)c(C)c1. The molecule has 29 heavy (non-hydrogen) atoms. The van der Waals surface area contributed by atoms with Crippen LogP contribution in [0.3, 0.4) is 0 Å². The number of nitrogens with one attached hydrogen (secondary N) is 1.